The second-order valence-corrected chi connectivity index (χ2v) is 5.13. The number of hydrogen-bond acceptors (Lipinski definition) is 6. The summed E-state index contributed by atoms with van der Waals surface area (Å²) in [6.45, 7) is 1.58. The average molecular weight is 292 g/mol. The molecule has 1 aromatic rings. The predicted molar refractivity (Wildman–Crippen MR) is 76.6 cm³/mol. The van der Waals surface area contributed by atoms with Crippen molar-refractivity contribution < 1.29 is 19.8 Å². The summed E-state index contributed by atoms with van der Waals surface area (Å²) in [5.41, 5.74) is 1.85. The van der Waals surface area contributed by atoms with Gasteiger partial charge >= 0.3 is 0 Å². The van der Waals surface area contributed by atoms with Crippen LogP contribution in [-0.4, -0.2) is 59.5 Å². The first-order valence-corrected chi connectivity index (χ1v) is 6.98. The number of β-amino-alcohol motifs (C(OH)–C–C–N with tert-alkyl or cyclic N) is 1. The van der Waals surface area contributed by atoms with Gasteiger partial charge in [-0.05, 0) is 11.1 Å². The van der Waals surface area contributed by atoms with E-state index in [-0.39, 0.29) is 13.2 Å². The van der Waals surface area contributed by atoms with Crippen LogP contribution in [0, 0.1) is 0 Å². The van der Waals surface area contributed by atoms with Gasteiger partial charge in [-0.2, -0.15) is 0 Å². The smallest absolute Gasteiger partial charge is 0.216 e. The molecule has 1 aromatic carbocycles. The third-order valence-electron chi connectivity index (χ3n) is 3.59. The van der Waals surface area contributed by atoms with E-state index in [1.807, 2.05) is 29.2 Å². The Morgan fingerprint density at radius 2 is 2.24 bits per heavy atom. The molecule has 2 unspecified atom stereocenters. The first-order valence-electron chi connectivity index (χ1n) is 6.98. The number of rotatable bonds is 8. The van der Waals surface area contributed by atoms with E-state index in [0.717, 1.165) is 11.1 Å². The van der Waals surface area contributed by atoms with Gasteiger partial charge < -0.3 is 15.5 Å². The fraction of sp³-hybridized carbons (Fsp3) is 0.467. The third kappa shape index (κ3) is 3.74. The van der Waals surface area contributed by atoms with Crippen molar-refractivity contribution in [1.82, 2.24) is 10.2 Å². The van der Waals surface area contributed by atoms with Crippen molar-refractivity contribution in [3.8, 4) is 0 Å². The second kappa shape index (κ2) is 7.42. The lowest BCUT2D eigenvalue weighted by atomic mass is 10.0. The maximum absolute atomic E-state index is 11.9. The lowest BCUT2D eigenvalue weighted by Gasteiger charge is -2.25. The zero-order chi connectivity index (χ0) is 15.2. The molecule has 0 spiro atoms. The van der Waals surface area contributed by atoms with Crippen LogP contribution in [0.3, 0.4) is 0 Å². The first kappa shape index (κ1) is 15.8. The van der Waals surface area contributed by atoms with Gasteiger partial charge in [0, 0.05) is 26.2 Å². The number of carbonyl (C=O) groups excluding carboxylic acids is 2. The summed E-state index contributed by atoms with van der Waals surface area (Å²) in [5, 5.41) is 21.6. The lowest BCUT2D eigenvalue weighted by molar-refractivity contribution is -0.133. The van der Waals surface area contributed by atoms with E-state index in [4.69, 9.17) is 5.11 Å². The number of benzene rings is 1. The number of hydrogen-bond donors (Lipinski definition) is 3. The molecule has 2 atom stereocenters. The number of carbonyl (C=O) groups is 2. The largest absolute Gasteiger partial charge is 0.395 e. The zero-order valence-electron chi connectivity index (χ0n) is 11.7. The van der Waals surface area contributed by atoms with Crippen molar-refractivity contribution in [1.29, 1.82) is 0 Å². The Morgan fingerprint density at radius 1 is 1.48 bits per heavy atom. The molecule has 0 fully saturated rings. The summed E-state index contributed by atoms with van der Waals surface area (Å²) in [7, 11) is 0. The van der Waals surface area contributed by atoms with Crippen LogP contribution in [0.4, 0.5) is 0 Å². The normalized spacial score (nSPS) is 19.2. The molecule has 0 aromatic heterocycles. The van der Waals surface area contributed by atoms with Crippen molar-refractivity contribution in [3.05, 3.63) is 35.4 Å². The molecule has 6 heteroatoms. The summed E-state index contributed by atoms with van der Waals surface area (Å²) in [6, 6.07) is 6.90. The Hall–Kier alpha value is -1.60. The molecule has 1 aliphatic heterocycles. The van der Waals surface area contributed by atoms with E-state index in [2.05, 4.69) is 5.32 Å². The minimum atomic E-state index is -0.673. The fourth-order valence-electron chi connectivity index (χ4n) is 2.70. The molecule has 0 radical (unpaired) electrons. The van der Waals surface area contributed by atoms with Crippen LogP contribution in [0.15, 0.2) is 24.3 Å². The van der Waals surface area contributed by atoms with E-state index < -0.39 is 17.9 Å². The molecular weight excluding hydrogens is 272 g/mol. The summed E-state index contributed by atoms with van der Waals surface area (Å²) in [4.78, 5) is 24.6. The van der Waals surface area contributed by atoms with Gasteiger partial charge in [0.15, 0.2) is 6.29 Å². The molecule has 21 heavy (non-hydrogen) atoms. The molecule has 3 N–H and O–H groups in total. The maximum Gasteiger partial charge on any atom is 0.216 e. The SMILES string of the molecule is O=CC(=O)C1c2ccccc2CN1CC(O)CNCCO. The Balaban J connectivity index is 2.05. The number of fused-ring (bicyclic) bond motifs is 1. The van der Waals surface area contributed by atoms with Crippen LogP contribution in [-0.2, 0) is 16.1 Å². The highest BCUT2D eigenvalue weighted by molar-refractivity contribution is 6.27. The minimum Gasteiger partial charge on any atom is -0.395 e. The maximum atomic E-state index is 11.9. The summed E-state index contributed by atoms with van der Waals surface area (Å²) < 4.78 is 0. The van der Waals surface area contributed by atoms with E-state index in [1.54, 1.807) is 0 Å². The number of Topliss-reactive ketones (excluding diaryl/α,β-unsaturated/α-hetero) is 1. The van der Waals surface area contributed by atoms with Gasteiger partial charge in [0.1, 0.15) is 6.04 Å². The summed E-state index contributed by atoms with van der Waals surface area (Å²) in [6.07, 6.45) is -0.330. The van der Waals surface area contributed by atoms with E-state index in [1.165, 1.54) is 0 Å². The molecule has 6 nitrogen and oxygen atoms in total. The number of ketones is 1. The summed E-state index contributed by atoms with van der Waals surface area (Å²) >= 11 is 0. The molecule has 2 rings (SSSR count). The van der Waals surface area contributed by atoms with Crippen LogP contribution in [0.1, 0.15) is 17.2 Å². The zero-order valence-corrected chi connectivity index (χ0v) is 11.7. The molecular formula is C15H20N2O4. The van der Waals surface area contributed by atoms with Crippen molar-refractivity contribution in [2.75, 3.05) is 26.2 Å². The number of aliphatic hydroxyl groups excluding tert-OH is 2. The van der Waals surface area contributed by atoms with Gasteiger partial charge in [0.05, 0.1) is 12.7 Å². The first-order chi connectivity index (χ1) is 10.2. The molecule has 1 heterocycles. The average Bonchev–Trinajstić information content (AvgIpc) is 2.84. The van der Waals surface area contributed by atoms with Crippen molar-refractivity contribution >= 4 is 12.1 Å². The molecule has 114 valence electrons. The van der Waals surface area contributed by atoms with Crippen molar-refractivity contribution in [2.24, 2.45) is 0 Å². The minimum absolute atomic E-state index is 0.00806. The quantitative estimate of drug-likeness (QED) is 0.332. The Bertz CT molecular complexity index is 506. The number of aldehydes is 1. The molecule has 0 bridgehead atoms. The second-order valence-electron chi connectivity index (χ2n) is 5.13. The van der Waals surface area contributed by atoms with E-state index in [0.29, 0.717) is 25.9 Å². The van der Waals surface area contributed by atoms with Crippen molar-refractivity contribution in [3.63, 3.8) is 0 Å². The number of nitrogens with one attached hydrogen (secondary N) is 1. The topological polar surface area (TPSA) is 89.9 Å². The number of aliphatic hydroxyl groups is 2. The molecule has 0 saturated carbocycles. The monoisotopic (exact) mass is 292 g/mol. The highest BCUT2D eigenvalue weighted by atomic mass is 16.3. The van der Waals surface area contributed by atoms with Crippen LogP contribution < -0.4 is 5.32 Å². The molecule has 0 aliphatic carbocycles. The molecule has 0 amide bonds. The lowest BCUT2D eigenvalue weighted by Crippen LogP contribution is -2.40. The van der Waals surface area contributed by atoms with Gasteiger partial charge in [0.25, 0.3) is 0 Å². The van der Waals surface area contributed by atoms with Gasteiger partial charge in [0.2, 0.25) is 5.78 Å². The van der Waals surface area contributed by atoms with Crippen LogP contribution >= 0.6 is 0 Å². The third-order valence-corrected chi connectivity index (χ3v) is 3.59. The standard InChI is InChI=1S/C15H20N2O4/c18-6-5-16-7-12(20)9-17-8-11-3-1-2-4-13(11)15(17)14(21)10-19/h1-4,10,12,15-16,18,20H,5-9H2. The molecule has 1 aliphatic rings. The van der Waals surface area contributed by atoms with Gasteiger partial charge in [-0.1, -0.05) is 24.3 Å². The van der Waals surface area contributed by atoms with E-state index in [9.17, 15) is 14.7 Å². The number of nitrogens with zero attached hydrogens (tertiary/aromatic N) is 1. The highest BCUT2D eigenvalue weighted by Crippen LogP contribution is 2.33. The van der Waals surface area contributed by atoms with Crippen LogP contribution in [0.25, 0.3) is 0 Å². The highest BCUT2D eigenvalue weighted by Gasteiger charge is 2.35. The van der Waals surface area contributed by atoms with Gasteiger partial charge in [-0.25, -0.2) is 0 Å². The Kier molecular flexibility index (Phi) is 5.58. The van der Waals surface area contributed by atoms with E-state index >= 15 is 0 Å². The molecule has 0 saturated heterocycles. The van der Waals surface area contributed by atoms with Crippen LogP contribution in [0.5, 0.6) is 0 Å². The van der Waals surface area contributed by atoms with Gasteiger partial charge in [-0.15, -0.1) is 0 Å². The fourth-order valence-corrected chi connectivity index (χ4v) is 2.70. The van der Waals surface area contributed by atoms with Gasteiger partial charge in [-0.3, -0.25) is 14.5 Å². The predicted octanol–water partition coefficient (Wildman–Crippen LogP) is -0.746. The Morgan fingerprint density at radius 3 is 2.95 bits per heavy atom. The summed E-state index contributed by atoms with van der Waals surface area (Å²) in [5.74, 6) is -0.490. The Labute approximate surface area is 123 Å². The van der Waals surface area contributed by atoms with Crippen molar-refractivity contribution in [2.45, 2.75) is 18.7 Å². The van der Waals surface area contributed by atoms with Crippen LogP contribution in [0.2, 0.25) is 0 Å².